The number of unbranched alkanes of at least 4 members (excludes halogenated alkanes) is 1. The number of carboxylic acid groups (broad SMARTS) is 1. The number of carboxylic acids is 1. The van der Waals surface area contributed by atoms with Gasteiger partial charge >= 0.3 is 5.97 Å². The molecule has 40 heteroatoms. The summed E-state index contributed by atoms with van der Waals surface area (Å²) < 4.78 is 0. The topological polar surface area (TPSA) is 666 Å². The van der Waals surface area contributed by atoms with Crippen LogP contribution in [0.4, 0.5) is 0 Å². The number of phenols is 1. The van der Waals surface area contributed by atoms with Crippen molar-refractivity contribution in [3.63, 3.8) is 0 Å². The van der Waals surface area contributed by atoms with Crippen molar-refractivity contribution in [1.82, 2.24) is 68.7 Å². The summed E-state index contributed by atoms with van der Waals surface area (Å²) in [6, 6.07) is -13.9. The van der Waals surface area contributed by atoms with Crippen LogP contribution in [0, 0.1) is 17.8 Å². The van der Waals surface area contributed by atoms with E-state index in [1.807, 2.05) is 0 Å². The quantitative estimate of drug-likeness (QED) is 0.0270. The van der Waals surface area contributed by atoms with Gasteiger partial charge in [0.05, 0.1) is 25.7 Å². The number of likely N-dealkylation sites (tertiary alicyclic amines) is 1. The van der Waals surface area contributed by atoms with E-state index in [0.29, 0.717) is 18.4 Å². The highest BCUT2D eigenvalue weighted by atomic mass is 16.4. The minimum absolute atomic E-state index is 0.0437. The lowest BCUT2D eigenvalue weighted by Gasteiger charge is -2.31. The SMILES string of the molecule is CC(=O)N[C@@H](CC(N)=O)C(=O)N[C@@H](CCC(N)=O)C(=O)N[C@@H](CCC(=O)O)C(=O)N[C@@H](CCC(N)=O)C(=O)N[C@H](C(=O)N[C@@H](CO)C(=O)N1CCC[C@H]1C(=O)N[C@@H](Cc1ccc(O)cc1)C(=O)N[C@H](C(=O)N[C@@H](CC(C)C)C(=O)N[C@@H](CC(C)C)C(=O)N[C@@H](CCCCN)C(=O)NCC(N)=O)[C@@H](C)O)C(C)C. The van der Waals surface area contributed by atoms with E-state index in [4.69, 9.17) is 28.7 Å². The first-order valence-electron chi connectivity index (χ1n) is 35.1. The van der Waals surface area contributed by atoms with Gasteiger partial charge in [0.15, 0.2) is 0 Å². The molecule has 1 aromatic carbocycles. The number of rotatable bonds is 49. The smallest absolute Gasteiger partial charge is 0.303 e. The Morgan fingerprint density at radius 1 is 0.486 bits per heavy atom. The molecular formula is C67H108N18O22. The summed E-state index contributed by atoms with van der Waals surface area (Å²) in [4.78, 5) is 240. The number of nitrogens with one attached hydrogen (secondary N) is 12. The molecule has 598 valence electrons. The van der Waals surface area contributed by atoms with E-state index in [1.54, 1.807) is 27.7 Å². The highest BCUT2D eigenvalue weighted by molar-refractivity contribution is 6.01. The molecule has 17 amide bonds. The van der Waals surface area contributed by atoms with Crippen LogP contribution in [0.1, 0.15) is 151 Å². The molecule has 1 saturated heterocycles. The van der Waals surface area contributed by atoms with Gasteiger partial charge in [-0.05, 0) is 113 Å². The van der Waals surface area contributed by atoms with Gasteiger partial charge < -0.3 is 118 Å². The average molecular weight is 1520 g/mol. The van der Waals surface area contributed by atoms with Gasteiger partial charge in [-0.3, -0.25) is 86.3 Å². The van der Waals surface area contributed by atoms with Crippen LogP contribution in [0.15, 0.2) is 24.3 Å². The number of aliphatic hydroxyl groups excluding tert-OH is 2. The number of carbonyl (C=O) groups is 18. The Bertz CT molecular complexity index is 3280. The number of aromatic hydroxyl groups is 1. The molecule has 107 heavy (non-hydrogen) atoms. The number of benzene rings is 1. The Morgan fingerprint density at radius 3 is 1.36 bits per heavy atom. The highest BCUT2D eigenvalue weighted by Crippen LogP contribution is 2.21. The molecule has 40 nitrogen and oxygen atoms in total. The zero-order chi connectivity index (χ0) is 81.1. The van der Waals surface area contributed by atoms with Crippen LogP contribution in [0.25, 0.3) is 0 Å². The Hall–Kier alpha value is -10.6. The third-order valence-corrected chi connectivity index (χ3v) is 16.7. The molecule has 2 rings (SSSR count). The molecule has 0 unspecified atom stereocenters. The fraction of sp³-hybridized carbons (Fsp3) is 0.642. The van der Waals surface area contributed by atoms with Crippen LogP contribution in [0.3, 0.4) is 0 Å². The number of phenolic OH excluding ortho intramolecular Hbond substituents is 1. The van der Waals surface area contributed by atoms with Gasteiger partial charge in [0.2, 0.25) is 100 Å². The third kappa shape index (κ3) is 34.0. The van der Waals surface area contributed by atoms with Gasteiger partial charge in [0.25, 0.3) is 0 Å². The zero-order valence-corrected chi connectivity index (χ0v) is 61.5. The molecular weight excluding hydrogens is 1410 g/mol. The van der Waals surface area contributed by atoms with Crippen molar-refractivity contribution >= 4 is 106 Å². The maximum Gasteiger partial charge on any atom is 0.303 e. The maximum absolute atomic E-state index is 14.6. The van der Waals surface area contributed by atoms with E-state index in [1.165, 1.54) is 38.1 Å². The van der Waals surface area contributed by atoms with Crippen molar-refractivity contribution in [1.29, 1.82) is 0 Å². The molecule has 1 aliphatic heterocycles. The number of primary amides is 4. The highest BCUT2D eigenvalue weighted by Gasteiger charge is 2.42. The maximum atomic E-state index is 14.6. The molecule has 0 aliphatic carbocycles. The second-order valence-corrected chi connectivity index (χ2v) is 27.3. The monoisotopic (exact) mass is 1520 g/mol. The minimum atomic E-state index is -1.87. The van der Waals surface area contributed by atoms with Crippen LogP contribution in [0.5, 0.6) is 5.75 Å². The van der Waals surface area contributed by atoms with Crippen molar-refractivity contribution in [2.45, 2.75) is 230 Å². The van der Waals surface area contributed by atoms with E-state index in [9.17, 15) is 107 Å². The molecule has 1 fully saturated rings. The summed E-state index contributed by atoms with van der Waals surface area (Å²) in [5.74, 6) is -20.1. The lowest BCUT2D eigenvalue weighted by atomic mass is 9.99. The summed E-state index contributed by atoms with van der Waals surface area (Å²) in [6.07, 6.45) is -5.44. The average Bonchev–Trinajstić information content (AvgIpc) is 1.76. The summed E-state index contributed by atoms with van der Waals surface area (Å²) in [7, 11) is 0. The Kier molecular flexibility index (Phi) is 40.0. The van der Waals surface area contributed by atoms with Crippen molar-refractivity contribution in [2.24, 2.45) is 46.4 Å². The lowest BCUT2D eigenvalue weighted by Crippen LogP contribution is -2.62. The lowest BCUT2D eigenvalue weighted by molar-refractivity contribution is -0.143. The van der Waals surface area contributed by atoms with Crippen LogP contribution >= 0.6 is 0 Å². The fourth-order valence-corrected chi connectivity index (χ4v) is 11.1. The van der Waals surface area contributed by atoms with Crippen molar-refractivity contribution in [2.75, 3.05) is 26.2 Å². The van der Waals surface area contributed by atoms with E-state index in [2.05, 4.69) is 63.8 Å². The predicted molar refractivity (Wildman–Crippen MR) is 379 cm³/mol. The summed E-state index contributed by atoms with van der Waals surface area (Å²) in [5, 5.41) is 70.4. The number of hydrogen-bond acceptors (Lipinski definition) is 22. The van der Waals surface area contributed by atoms with Crippen LogP contribution < -0.4 is 92.5 Å². The first-order valence-corrected chi connectivity index (χ1v) is 35.1. The van der Waals surface area contributed by atoms with Crippen molar-refractivity contribution in [3.8, 4) is 5.75 Å². The minimum Gasteiger partial charge on any atom is -0.508 e. The number of nitrogens with two attached hydrogens (primary N) is 5. The van der Waals surface area contributed by atoms with Crippen LogP contribution in [-0.2, 0) is 92.7 Å². The fourth-order valence-electron chi connectivity index (χ4n) is 11.1. The number of aliphatic hydroxyl groups is 2. The normalized spacial score (nSPS) is 15.9. The standard InChI is InChI=1S/C67H108N18O22/c1-32(2)26-43(60(100)75-39(12-9-10-24-68)56(96)73-30-52(72)93)79-61(101)44(27-33(3)4)81-66(106)55(35(7)87)84-63(103)45(28-37-14-16-38(89)17-15-37)80-64(104)48-13-11-25-85(48)67(107)47(31-86)82-65(105)54(34(5)6)83-59(99)41(19-22-50(70)91)76-58(98)42(20-23-53(94)95)77-57(97)40(18-21-49(69)90)78-62(102)46(29-51(71)92)74-36(8)88/h14-17,32-35,39-48,54-55,86-87,89H,9-13,18-31,68H2,1-8H3,(H2,69,90)(H2,70,91)(H2,71,92)(H2,72,93)(H,73,96)(H,74,88)(H,75,100)(H,76,98)(H,77,97)(H,78,102)(H,79,101)(H,80,104)(H,81,106)(H,82,105)(H,83,99)(H,84,103)(H,94,95)/t35-,39+,40+,41+,42+,43+,44+,45+,46+,47+,48+,54+,55+/m1/s1. The molecule has 0 radical (unpaired) electrons. The molecule has 0 spiro atoms. The number of nitrogens with zero attached hydrogens (tertiary/aromatic N) is 1. The first kappa shape index (κ1) is 92.4. The van der Waals surface area contributed by atoms with Gasteiger partial charge in [0.1, 0.15) is 78.3 Å². The largest absolute Gasteiger partial charge is 0.508 e. The zero-order valence-electron chi connectivity index (χ0n) is 61.5. The number of carbonyl (C=O) groups excluding carboxylic acids is 17. The number of amides is 17. The molecule has 0 aromatic heterocycles. The molecule has 26 N–H and O–H groups in total. The van der Waals surface area contributed by atoms with E-state index in [0.717, 1.165) is 18.7 Å². The summed E-state index contributed by atoms with van der Waals surface area (Å²) in [6.45, 7) is 10.6. The molecule has 13 atom stereocenters. The number of hydrogen-bond donors (Lipinski definition) is 21. The van der Waals surface area contributed by atoms with Crippen molar-refractivity contribution < 1.29 is 107 Å². The molecule has 1 heterocycles. The van der Waals surface area contributed by atoms with Gasteiger partial charge in [-0.1, -0.05) is 53.7 Å². The Labute approximate surface area is 618 Å². The van der Waals surface area contributed by atoms with Crippen molar-refractivity contribution in [3.05, 3.63) is 29.8 Å². The number of aliphatic carboxylic acids is 1. The second kappa shape index (κ2) is 46.3. The Balaban J connectivity index is 2.48. The molecule has 1 aliphatic rings. The third-order valence-electron chi connectivity index (χ3n) is 16.7. The van der Waals surface area contributed by atoms with Gasteiger partial charge in [-0.25, -0.2) is 0 Å². The van der Waals surface area contributed by atoms with E-state index < -0.39 is 249 Å². The van der Waals surface area contributed by atoms with Gasteiger partial charge in [-0.15, -0.1) is 0 Å². The summed E-state index contributed by atoms with van der Waals surface area (Å²) >= 11 is 0. The van der Waals surface area contributed by atoms with Crippen LogP contribution in [0.2, 0.25) is 0 Å². The predicted octanol–water partition coefficient (Wildman–Crippen LogP) is -7.60. The van der Waals surface area contributed by atoms with E-state index in [-0.39, 0.29) is 69.2 Å². The second-order valence-electron chi connectivity index (χ2n) is 27.3. The molecule has 1 aromatic rings. The first-order chi connectivity index (χ1) is 50.1. The van der Waals surface area contributed by atoms with E-state index >= 15 is 0 Å². The van der Waals surface area contributed by atoms with Gasteiger partial charge in [-0.2, -0.15) is 0 Å². The molecule has 0 bridgehead atoms. The molecule has 0 saturated carbocycles. The van der Waals surface area contributed by atoms with Crippen LogP contribution in [-0.4, -0.2) is 237 Å². The Morgan fingerprint density at radius 2 is 0.916 bits per heavy atom. The summed E-state index contributed by atoms with van der Waals surface area (Å²) in [5.41, 5.74) is 27.1. The van der Waals surface area contributed by atoms with Gasteiger partial charge in [0, 0.05) is 39.2 Å².